The van der Waals surface area contributed by atoms with Gasteiger partial charge in [0, 0.05) is 29.3 Å². The van der Waals surface area contributed by atoms with Gasteiger partial charge in [-0.25, -0.2) is 0 Å². The molecule has 3 unspecified atom stereocenters. The molecule has 0 amide bonds. The maximum absolute atomic E-state index is 13.7. The van der Waals surface area contributed by atoms with Gasteiger partial charge < -0.3 is 24.3 Å². The maximum atomic E-state index is 13.7. The summed E-state index contributed by atoms with van der Waals surface area (Å²) in [4.78, 5) is 27.0. The van der Waals surface area contributed by atoms with Crippen molar-refractivity contribution in [2.45, 2.75) is 44.6 Å². The van der Waals surface area contributed by atoms with Crippen LogP contribution in [0.2, 0.25) is 0 Å². The number of carbonyl (C=O) groups excluding carboxylic acids is 2. The second-order valence-corrected chi connectivity index (χ2v) is 9.40. The summed E-state index contributed by atoms with van der Waals surface area (Å²) in [7, 11) is 4.75. The minimum absolute atomic E-state index is 0.000741. The first-order chi connectivity index (χ1) is 17.3. The van der Waals surface area contributed by atoms with E-state index in [-0.39, 0.29) is 17.8 Å². The number of methoxy groups -OCH3 is 3. The molecule has 0 aromatic heterocycles. The molecule has 1 aliphatic heterocycles. The normalized spacial score (nSPS) is 21.6. The van der Waals surface area contributed by atoms with Crippen LogP contribution in [-0.2, 0) is 14.3 Å². The summed E-state index contributed by atoms with van der Waals surface area (Å²) in [5, 5.41) is 3.31. The topological polar surface area (TPSA) is 83.1 Å². The number of rotatable bonds is 7. The van der Waals surface area contributed by atoms with Gasteiger partial charge in [-0.05, 0) is 61.6 Å². The second kappa shape index (κ2) is 10.5. The molecular formula is C29H33NO6. The lowest BCUT2D eigenvalue weighted by Gasteiger charge is -2.40. The van der Waals surface area contributed by atoms with Crippen LogP contribution in [0.5, 0.6) is 17.2 Å². The lowest BCUT2D eigenvalue weighted by molar-refractivity contribution is -0.151. The van der Waals surface area contributed by atoms with Crippen molar-refractivity contribution < 1.29 is 28.5 Å². The molecule has 2 aliphatic rings. The average Bonchev–Trinajstić information content (AvgIpc) is 2.86. The number of Topliss-reactive ketones (excluding diaryl/α,β-unsaturated/α-hetero) is 1. The van der Waals surface area contributed by atoms with Gasteiger partial charge in [0.1, 0.15) is 11.7 Å². The average molecular weight is 492 g/mol. The highest BCUT2D eigenvalue weighted by Gasteiger charge is 2.45. The number of hydrogen-bond donors (Lipinski definition) is 1. The first kappa shape index (κ1) is 25.4. The van der Waals surface area contributed by atoms with E-state index in [1.807, 2.05) is 36.4 Å². The van der Waals surface area contributed by atoms with Gasteiger partial charge in [-0.3, -0.25) is 9.59 Å². The van der Waals surface area contributed by atoms with Crippen molar-refractivity contribution >= 4 is 11.8 Å². The zero-order valence-corrected chi connectivity index (χ0v) is 21.4. The summed E-state index contributed by atoms with van der Waals surface area (Å²) in [5.74, 6) is 0.140. The van der Waals surface area contributed by atoms with Gasteiger partial charge >= 0.3 is 5.97 Å². The van der Waals surface area contributed by atoms with Gasteiger partial charge in [0.05, 0.1) is 27.4 Å². The van der Waals surface area contributed by atoms with E-state index in [0.717, 1.165) is 22.6 Å². The monoisotopic (exact) mass is 491 g/mol. The third-order valence-corrected chi connectivity index (χ3v) is 6.80. The summed E-state index contributed by atoms with van der Waals surface area (Å²) in [5.41, 5.74) is 3.75. The predicted octanol–water partition coefficient (Wildman–Crippen LogP) is 4.88. The Hall–Kier alpha value is -3.74. The van der Waals surface area contributed by atoms with Crippen molar-refractivity contribution in [1.29, 1.82) is 0 Å². The van der Waals surface area contributed by atoms with Gasteiger partial charge in [0.2, 0.25) is 0 Å². The van der Waals surface area contributed by atoms with Crippen molar-refractivity contribution in [2.24, 2.45) is 5.92 Å². The maximum Gasteiger partial charge on any atom is 0.316 e. The molecule has 7 nitrogen and oxygen atoms in total. The molecule has 7 heteroatoms. The first-order valence-electron chi connectivity index (χ1n) is 12.1. The van der Waals surface area contributed by atoms with Crippen LogP contribution in [0, 0.1) is 5.92 Å². The Bertz CT molecular complexity index is 1200. The van der Waals surface area contributed by atoms with Gasteiger partial charge in [-0.15, -0.1) is 0 Å². The van der Waals surface area contributed by atoms with E-state index in [0.29, 0.717) is 35.6 Å². The first-order valence-corrected chi connectivity index (χ1v) is 12.1. The van der Waals surface area contributed by atoms with Crippen molar-refractivity contribution in [3.63, 3.8) is 0 Å². The third kappa shape index (κ3) is 4.83. The second-order valence-electron chi connectivity index (χ2n) is 9.40. The van der Waals surface area contributed by atoms with E-state index in [1.165, 1.54) is 0 Å². The molecule has 0 bridgehead atoms. The van der Waals surface area contributed by atoms with Crippen LogP contribution in [0.15, 0.2) is 66.0 Å². The minimum Gasteiger partial charge on any atom is -0.497 e. The molecular weight excluding hydrogens is 458 g/mol. The van der Waals surface area contributed by atoms with Crippen LogP contribution in [0.25, 0.3) is 0 Å². The lowest BCUT2D eigenvalue weighted by Crippen LogP contribution is -2.42. The Labute approximate surface area is 212 Å². The molecule has 0 saturated carbocycles. The van der Waals surface area contributed by atoms with Gasteiger partial charge in [-0.2, -0.15) is 0 Å². The molecule has 3 atom stereocenters. The molecule has 4 rings (SSSR count). The van der Waals surface area contributed by atoms with E-state index < -0.39 is 17.8 Å². The van der Waals surface area contributed by atoms with Crippen molar-refractivity contribution in [3.05, 3.63) is 77.1 Å². The smallest absolute Gasteiger partial charge is 0.316 e. The molecule has 190 valence electrons. The number of allylic oxidation sites excluding steroid dienone is 2. The highest BCUT2D eigenvalue weighted by Crippen LogP contribution is 2.48. The fraction of sp³-hybridized carbons (Fsp3) is 0.379. The molecule has 36 heavy (non-hydrogen) atoms. The molecule has 1 N–H and O–H groups in total. The van der Waals surface area contributed by atoms with Crippen molar-refractivity contribution in [1.82, 2.24) is 5.32 Å². The number of ketones is 1. The Kier molecular flexibility index (Phi) is 7.38. The number of esters is 1. The van der Waals surface area contributed by atoms with Gasteiger partial charge in [-0.1, -0.05) is 24.8 Å². The Morgan fingerprint density at radius 3 is 2.22 bits per heavy atom. The zero-order chi connectivity index (χ0) is 26.0. The van der Waals surface area contributed by atoms with E-state index in [9.17, 15) is 9.59 Å². The van der Waals surface area contributed by atoms with Crippen LogP contribution in [0.4, 0.5) is 0 Å². The van der Waals surface area contributed by atoms with Crippen LogP contribution in [-0.4, -0.2) is 39.2 Å². The molecule has 0 fully saturated rings. The third-order valence-electron chi connectivity index (χ3n) is 6.80. The number of carbonyl (C=O) groups is 2. The predicted molar refractivity (Wildman–Crippen MR) is 136 cm³/mol. The number of benzene rings is 2. The quantitative estimate of drug-likeness (QED) is 0.553. The minimum atomic E-state index is -0.759. The molecule has 0 spiro atoms. The molecule has 2 aromatic rings. The summed E-state index contributed by atoms with van der Waals surface area (Å²) >= 11 is 0. The number of nitrogens with one attached hydrogen (secondary N) is 1. The lowest BCUT2D eigenvalue weighted by atomic mass is 9.69. The Morgan fingerprint density at radius 2 is 1.61 bits per heavy atom. The molecule has 0 saturated heterocycles. The highest BCUT2D eigenvalue weighted by atomic mass is 16.5. The largest absolute Gasteiger partial charge is 0.497 e. The van der Waals surface area contributed by atoms with Crippen LogP contribution >= 0.6 is 0 Å². The summed E-state index contributed by atoms with van der Waals surface area (Å²) in [6.45, 7) is 7.79. The summed E-state index contributed by atoms with van der Waals surface area (Å²) < 4.78 is 21.8. The van der Waals surface area contributed by atoms with E-state index >= 15 is 0 Å². The molecule has 0 radical (unpaired) electrons. The van der Waals surface area contributed by atoms with Crippen LogP contribution in [0.3, 0.4) is 0 Å². The molecule has 1 aliphatic carbocycles. The van der Waals surface area contributed by atoms with Crippen LogP contribution in [0.1, 0.15) is 49.7 Å². The van der Waals surface area contributed by atoms with Gasteiger partial charge in [0.15, 0.2) is 17.3 Å². The Morgan fingerprint density at radius 1 is 0.944 bits per heavy atom. The van der Waals surface area contributed by atoms with Crippen LogP contribution < -0.4 is 19.5 Å². The summed E-state index contributed by atoms with van der Waals surface area (Å²) in [6, 6.07) is 13.3. The van der Waals surface area contributed by atoms with E-state index in [2.05, 4.69) is 11.9 Å². The standard InChI is InChI=1S/C29H33NO6/c1-16(2)36-29(32)26-17(3)30-22-13-20(18-7-10-21(33-4)11-8-18)14-23(31)28(22)27(26)19-9-12-24(34-5)25(15-19)35-6/h7-12,15-16,20,26-27,30H,3,13-14H2,1-2,4-6H3. The number of hydrogen-bond acceptors (Lipinski definition) is 7. The molecule has 2 aromatic carbocycles. The molecule has 1 heterocycles. The zero-order valence-electron chi connectivity index (χ0n) is 21.4. The Balaban J connectivity index is 1.80. The fourth-order valence-corrected chi connectivity index (χ4v) is 5.15. The van der Waals surface area contributed by atoms with E-state index in [1.54, 1.807) is 41.2 Å². The van der Waals surface area contributed by atoms with Crippen molar-refractivity contribution in [2.75, 3.05) is 21.3 Å². The van der Waals surface area contributed by atoms with E-state index in [4.69, 9.17) is 18.9 Å². The number of ether oxygens (including phenoxy) is 4. The van der Waals surface area contributed by atoms with Gasteiger partial charge in [0.25, 0.3) is 0 Å². The summed E-state index contributed by atoms with van der Waals surface area (Å²) in [6.07, 6.45) is 0.672. The SMILES string of the molecule is C=C1NC2=C(C(=O)CC(c3ccc(OC)cc3)C2)C(c2ccc(OC)c(OC)c2)C1C(=O)OC(C)C. The highest BCUT2D eigenvalue weighted by molar-refractivity contribution is 6.01. The fourth-order valence-electron chi connectivity index (χ4n) is 5.15. The van der Waals surface area contributed by atoms with Crippen molar-refractivity contribution in [3.8, 4) is 17.2 Å².